The molecule has 0 saturated heterocycles. The first-order valence-corrected chi connectivity index (χ1v) is 10.4. The van der Waals surface area contributed by atoms with Crippen LogP contribution in [-0.4, -0.2) is 31.8 Å². The van der Waals surface area contributed by atoms with Gasteiger partial charge in [0, 0.05) is 12.1 Å². The summed E-state index contributed by atoms with van der Waals surface area (Å²) in [5.74, 6) is -0.465. The van der Waals surface area contributed by atoms with Gasteiger partial charge in [0.2, 0.25) is 10.0 Å². The van der Waals surface area contributed by atoms with E-state index >= 15 is 0 Å². The highest BCUT2D eigenvalue weighted by Crippen LogP contribution is 2.35. The van der Waals surface area contributed by atoms with Gasteiger partial charge < -0.3 is 4.74 Å². The van der Waals surface area contributed by atoms with Gasteiger partial charge in [-0.1, -0.05) is 54.1 Å². The zero-order chi connectivity index (χ0) is 19.4. The molecule has 6 heteroatoms. The molecule has 0 bridgehead atoms. The predicted octanol–water partition coefficient (Wildman–Crippen LogP) is 3.62. The second-order valence-corrected chi connectivity index (χ2v) is 8.37. The van der Waals surface area contributed by atoms with E-state index in [2.05, 4.69) is 0 Å². The van der Waals surface area contributed by atoms with Gasteiger partial charge in [0.05, 0.1) is 17.5 Å². The highest BCUT2D eigenvalue weighted by atomic mass is 32.2. The summed E-state index contributed by atoms with van der Waals surface area (Å²) < 4.78 is 33.2. The third-order valence-corrected chi connectivity index (χ3v) is 6.48. The number of carbonyl (C=O) groups is 1. The van der Waals surface area contributed by atoms with Crippen molar-refractivity contribution in [2.45, 2.75) is 31.2 Å². The Bertz CT molecular complexity index is 934. The minimum atomic E-state index is -3.77. The fraction of sp³-hybridized carbons (Fsp3) is 0.286. The van der Waals surface area contributed by atoms with Crippen LogP contribution in [0.15, 0.2) is 71.1 Å². The quantitative estimate of drug-likeness (QED) is 0.738. The Morgan fingerprint density at radius 1 is 1.11 bits per heavy atom. The van der Waals surface area contributed by atoms with Gasteiger partial charge >= 0.3 is 5.97 Å². The fourth-order valence-electron chi connectivity index (χ4n) is 3.16. The number of hydrogen-bond acceptors (Lipinski definition) is 4. The molecule has 2 aromatic rings. The summed E-state index contributed by atoms with van der Waals surface area (Å²) >= 11 is 0. The Hall–Kier alpha value is -2.44. The van der Waals surface area contributed by atoms with E-state index < -0.39 is 16.0 Å². The standard InChI is InChI=1S/C21H23NO4S/c1-3-26-21(23)18-11-14-20(17-7-5-4-6-8-17)22(15-18)27(24,25)19-12-9-16(2)10-13-19/h4-13,20H,3,14-15H2,1-2H3/t20-/m0/s1. The molecule has 2 aromatic carbocycles. The largest absolute Gasteiger partial charge is 0.463 e. The number of nitrogens with zero attached hydrogens (tertiary/aromatic N) is 1. The molecule has 0 N–H and O–H groups in total. The van der Waals surface area contributed by atoms with Gasteiger partial charge in [-0.2, -0.15) is 4.31 Å². The normalized spacial score (nSPS) is 18.0. The number of ether oxygens (including phenoxy) is 1. The van der Waals surface area contributed by atoms with Crippen LogP contribution >= 0.6 is 0 Å². The van der Waals surface area contributed by atoms with Crippen LogP contribution in [0.1, 0.15) is 30.5 Å². The molecule has 1 aliphatic heterocycles. The zero-order valence-electron chi connectivity index (χ0n) is 15.5. The van der Waals surface area contributed by atoms with Crippen molar-refractivity contribution >= 4 is 16.0 Å². The number of esters is 1. The molecular weight excluding hydrogens is 362 g/mol. The molecule has 0 amide bonds. The van der Waals surface area contributed by atoms with Gasteiger partial charge in [0.1, 0.15) is 0 Å². The van der Waals surface area contributed by atoms with Gasteiger partial charge in [0.25, 0.3) is 0 Å². The minimum Gasteiger partial charge on any atom is -0.463 e. The molecule has 0 aliphatic carbocycles. The minimum absolute atomic E-state index is 0.00535. The number of sulfonamides is 1. The van der Waals surface area contributed by atoms with Crippen molar-refractivity contribution in [1.82, 2.24) is 4.31 Å². The van der Waals surface area contributed by atoms with Crippen molar-refractivity contribution in [3.63, 3.8) is 0 Å². The Kier molecular flexibility index (Phi) is 5.77. The molecule has 0 radical (unpaired) electrons. The van der Waals surface area contributed by atoms with Gasteiger partial charge in [-0.15, -0.1) is 0 Å². The summed E-state index contributed by atoms with van der Waals surface area (Å²) in [5.41, 5.74) is 2.26. The van der Waals surface area contributed by atoms with Crippen molar-refractivity contribution in [1.29, 1.82) is 0 Å². The van der Waals surface area contributed by atoms with E-state index in [9.17, 15) is 13.2 Å². The lowest BCUT2D eigenvalue weighted by molar-refractivity contribution is -0.138. The lowest BCUT2D eigenvalue weighted by atomic mass is 9.98. The van der Waals surface area contributed by atoms with Gasteiger partial charge in [-0.05, 0) is 38.0 Å². The highest BCUT2D eigenvalue weighted by Gasteiger charge is 2.36. The van der Waals surface area contributed by atoms with Gasteiger partial charge in [0.15, 0.2) is 0 Å². The first-order chi connectivity index (χ1) is 12.9. The molecule has 0 saturated carbocycles. The Morgan fingerprint density at radius 2 is 1.78 bits per heavy atom. The Balaban J connectivity index is 2.02. The molecule has 1 aliphatic rings. The molecule has 1 atom stereocenters. The maximum Gasteiger partial charge on any atom is 0.335 e. The van der Waals surface area contributed by atoms with E-state index in [-0.39, 0.29) is 24.1 Å². The van der Waals surface area contributed by atoms with Crippen LogP contribution in [-0.2, 0) is 19.6 Å². The van der Waals surface area contributed by atoms with Crippen LogP contribution in [0.3, 0.4) is 0 Å². The number of carbonyl (C=O) groups excluding carboxylic acids is 1. The van der Waals surface area contributed by atoms with Crippen LogP contribution in [0.4, 0.5) is 0 Å². The Labute approximate surface area is 160 Å². The molecule has 3 rings (SSSR count). The third kappa shape index (κ3) is 4.12. The summed E-state index contributed by atoms with van der Waals surface area (Å²) in [6.45, 7) is 3.89. The van der Waals surface area contributed by atoms with Crippen molar-refractivity contribution in [2.75, 3.05) is 13.2 Å². The molecule has 142 valence electrons. The monoisotopic (exact) mass is 385 g/mol. The van der Waals surface area contributed by atoms with Crippen LogP contribution in [0.2, 0.25) is 0 Å². The molecule has 0 spiro atoms. The first-order valence-electron chi connectivity index (χ1n) is 8.93. The second kappa shape index (κ2) is 8.06. The van der Waals surface area contributed by atoms with Crippen molar-refractivity contribution in [3.05, 3.63) is 77.4 Å². The molecule has 1 heterocycles. The molecular formula is C21H23NO4S. The van der Waals surface area contributed by atoms with Crippen molar-refractivity contribution in [2.24, 2.45) is 0 Å². The maximum atomic E-state index is 13.4. The third-order valence-electron chi connectivity index (χ3n) is 4.61. The molecule has 27 heavy (non-hydrogen) atoms. The highest BCUT2D eigenvalue weighted by molar-refractivity contribution is 7.89. The predicted molar refractivity (Wildman–Crippen MR) is 104 cm³/mol. The fourth-order valence-corrected chi connectivity index (χ4v) is 4.76. The Morgan fingerprint density at radius 3 is 2.41 bits per heavy atom. The van der Waals surface area contributed by atoms with E-state index in [0.717, 1.165) is 11.1 Å². The van der Waals surface area contributed by atoms with Crippen LogP contribution in [0, 0.1) is 6.92 Å². The molecule has 0 unspecified atom stereocenters. The van der Waals surface area contributed by atoms with E-state index in [0.29, 0.717) is 12.0 Å². The number of benzene rings is 2. The summed E-state index contributed by atoms with van der Waals surface area (Å²) in [7, 11) is -3.77. The molecule has 0 fully saturated rings. The lowest BCUT2D eigenvalue weighted by Crippen LogP contribution is -2.40. The van der Waals surface area contributed by atoms with Crippen molar-refractivity contribution < 1.29 is 17.9 Å². The average Bonchev–Trinajstić information content (AvgIpc) is 2.69. The maximum absolute atomic E-state index is 13.4. The number of rotatable bonds is 5. The van der Waals surface area contributed by atoms with Crippen LogP contribution in [0.5, 0.6) is 0 Å². The van der Waals surface area contributed by atoms with Gasteiger partial charge in [-0.3, -0.25) is 0 Å². The molecule has 0 aromatic heterocycles. The van der Waals surface area contributed by atoms with Crippen LogP contribution < -0.4 is 0 Å². The van der Waals surface area contributed by atoms with E-state index in [1.165, 1.54) is 4.31 Å². The summed E-state index contributed by atoms with van der Waals surface area (Å²) in [4.78, 5) is 12.4. The van der Waals surface area contributed by atoms with E-state index in [1.54, 1.807) is 37.3 Å². The number of aryl methyl sites for hydroxylation is 1. The van der Waals surface area contributed by atoms with E-state index in [4.69, 9.17) is 4.74 Å². The van der Waals surface area contributed by atoms with Crippen molar-refractivity contribution in [3.8, 4) is 0 Å². The first kappa shape index (κ1) is 19.3. The SMILES string of the molecule is CCOC(=O)C1=CC[C@@H](c2ccccc2)N(S(=O)(=O)c2ccc(C)cc2)C1. The average molecular weight is 385 g/mol. The summed E-state index contributed by atoms with van der Waals surface area (Å²) in [6, 6.07) is 15.9. The number of hydrogen-bond donors (Lipinski definition) is 0. The lowest BCUT2D eigenvalue weighted by Gasteiger charge is -2.34. The summed E-state index contributed by atoms with van der Waals surface area (Å²) in [6.07, 6.45) is 2.21. The smallest absolute Gasteiger partial charge is 0.335 e. The van der Waals surface area contributed by atoms with Crippen LogP contribution in [0.25, 0.3) is 0 Å². The second-order valence-electron chi connectivity index (χ2n) is 6.48. The summed E-state index contributed by atoms with van der Waals surface area (Å²) in [5, 5.41) is 0. The van der Waals surface area contributed by atoms with Gasteiger partial charge in [-0.25, -0.2) is 13.2 Å². The topological polar surface area (TPSA) is 63.7 Å². The van der Waals surface area contributed by atoms with E-state index in [1.807, 2.05) is 37.3 Å². The molecule has 5 nitrogen and oxygen atoms in total. The zero-order valence-corrected chi connectivity index (χ0v) is 16.3.